The van der Waals surface area contributed by atoms with Crippen LogP contribution in [0, 0.1) is 5.92 Å². The van der Waals surface area contributed by atoms with E-state index in [1.165, 1.54) is 0 Å². The lowest BCUT2D eigenvalue weighted by molar-refractivity contribution is -0.142. The monoisotopic (exact) mass is 326 g/mol. The molecular formula is C17H30N2O4. The number of ether oxygens (including phenoxy) is 1. The molecule has 0 radical (unpaired) electrons. The van der Waals surface area contributed by atoms with E-state index in [2.05, 4.69) is 18.3 Å². The van der Waals surface area contributed by atoms with E-state index >= 15 is 0 Å². The number of carboxylic acid groups (broad SMARTS) is 1. The molecule has 6 nitrogen and oxygen atoms in total. The lowest BCUT2D eigenvalue weighted by Gasteiger charge is -2.27. The van der Waals surface area contributed by atoms with Gasteiger partial charge < -0.3 is 15.2 Å². The highest BCUT2D eigenvalue weighted by molar-refractivity contribution is 5.75. The first kappa shape index (κ1) is 19.6. The van der Waals surface area contributed by atoms with Gasteiger partial charge in [-0.05, 0) is 25.7 Å². The minimum atomic E-state index is -0.772. The van der Waals surface area contributed by atoms with E-state index in [4.69, 9.17) is 4.74 Å². The molecule has 0 aliphatic carbocycles. The van der Waals surface area contributed by atoms with Crippen molar-refractivity contribution in [1.82, 2.24) is 10.2 Å². The van der Waals surface area contributed by atoms with Gasteiger partial charge in [0.2, 0.25) is 5.91 Å². The molecule has 2 N–H and O–H groups in total. The van der Waals surface area contributed by atoms with E-state index in [0.29, 0.717) is 19.4 Å². The third-order valence-electron chi connectivity index (χ3n) is 4.14. The Morgan fingerprint density at radius 2 is 2.17 bits per heavy atom. The predicted octanol–water partition coefficient (Wildman–Crippen LogP) is 2.01. The van der Waals surface area contributed by atoms with Crippen molar-refractivity contribution >= 4 is 11.9 Å². The zero-order valence-corrected chi connectivity index (χ0v) is 14.5. The third-order valence-corrected chi connectivity index (χ3v) is 4.14. The van der Waals surface area contributed by atoms with Crippen LogP contribution in [0.5, 0.6) is 0 Å². The van der Waals surface area contributed by atoms with Crippen molar-refractivity contribution in [1.29, 1.82) is 0 Å². The first-order chi connectivity index (χ1) is 11.0. The van der Waals surface area contributed by atoms with Gasteiger partial charge in [-0.3, -0.25) is 14.5 Å². The summed E-state index contributed by atoms with van der Waals surface area (Å²) in [5.41, 5.74) is 0. The summed E-state index contributed by atoms with van der Waals surface area (Å²) < 4.78 is 5.76. The second kappa shape index (κ2) is 10.4. The Labute approximate surface area is 138 Å². The van der Waals surface area contributed by atoms with Gasteiger partial charge in [-0.2, -0.15) is 0 Å². The van der Waals surface area contributed by atoms with Crippen molar-refractivity contribution in [3.05, 3.63) is 12.2 Å². The van der Waals surface area contributed by atoms with Crippen molar-refractivity contribution in [3.8, 4) is 0 Å². The summed E-state index contributed by atoms with van der Waals surface area (Å²) in [6.07, 6.45) is 6.87. The van der Waals surface area contributed by atoms with Gasteiger partial charge in [0.25, 0.3) is 0 Å². The quantitative estimate of drug-likeness (QED) is 0.474. The second-order valence-electron chi connectivity index (χ2n) is 6.00. The predicted molar refractivity (Wildman–Crippen MR) is 89.0 cm³/mol. The van der Waals surface area contributed by atoms with Crippen LogP contribution >= 0.6 is 0 Å². The molecule has 0 spiro atoms. The number of carbonyl (C=O) groups excluding carboxylic acids is 1. The highest BCUT2D eigenvalue weighted by Crippen LogP contribution is 2.25. The SMILES string of the molecule is CC=C[C@@H]1C[C@H](C(=O)O)N(CC(CCC)OCNC(=O)CC)C1. The van der Waals surface area contributed by atoms with Gasteiger partial charge >= 0.3 is 5.97 Å². The molecule has 6 heteroatoms. The molecule has 1 rings (SSSR count). The summed E-state index contributed by atoms with van der Waals surface area (Å²) in [4.78, 5) is 24.7. The Bertz CT molecular complexity index is 411. The van der Waals surface area contributed by atoms with Crippen molar-refractivity contribution < 1.29 is 19.4 Å². The molecule has 1 aliphatic heterocycles. The number of nitrogens with zero attached hydrogens (tertiary/aromatic N) is 1. The number of nitrogens with one attached hydrogen (secondary N) is 1. The Balaban J connectivity index is 2.58. The lowest BCUT2D eigenvalue weighted by Crippen LogP contribution is -2.42. The van der Waals surface area contributed by atoms with Crippen LogP contribution in [0.2, 0.25) is 0 Å². The highest BCUT2D eigenvalue weighted by atomic mass is 16.5. The zero-order valence-electron chi connectivity index (χ0n) is 14.5. The zero-order chi connectivity index (χ0) is 17.2. The molecule has 132 valence electrons. The summed E-state index contributed by atoms with van der Waals surface area (Å²) in [5.74, 6) is -0.535. The van der Waals surface area contributed by atoms with Crippen LogP contribution < -0.4 is 5.32 Å². The van der Waals surface area contributed by atoms with Crippen LogP contribution in [0.1, 0.15) is 46.5 Å². The smallest absolute Gasteiger partial charge is 0.320 e. The summed E-state index contributed by atoms with van der Waals surface area (Å²) in [5, 5.41) is 12.1. The number of amides is 1. The maximum atomic E-state index is 11.5. The topological polar surface area (TPSA) is 78.9 Å². The van der Waals surface area contributed by atoms with Gasteiger partial charge in [0, 0.05) is 19.5 Å². The molecule has 23 heavy (non-hydrogen) atoms. The Hall–Kier alpha value is -1.40. The maximum absolute atomic E-state index is 11.5. The molecular weight excluding hydrogens is 296 g/mol. The standard InChI is InChI=1S/C17H30N2O4/c1-4-7-13-9-15(17(21)22)19(10-13)11-14(8-5-2)23-12-18-16(20)6-3/h4,7,13-15H,5-6,8-12H2,1-3H3,(H,18,20)(H,21,22)/t13-,14?,15-/m1/s1. The van der Waals surface area contributed by atoms with E-state index in [1.54, 1.807) is 6.92 Å². The molecule has 1 amide bonds. The minimum absolute atomic E-state index is 0.0435. The van der Waals surface area contributed by atoms with Crippen LogP contribution in [0.25, 0.3) is 0 Å². The summed E-state index contributed by atoms with van der Waals surface area (Å²) in [6.45, 7) is 7.33. The van der Waals surface area contributed by atoms with E-state index < -0.39 is 12.0 Å². The van der Waals surface area contributed by atoms with Crippen LogP contribution in [-0.2, 0) is 14.3 Å². The average molecular weight is 326 g/mol. The average Bonchev–Trinajstić information content (AvgIpc) is 2.90. The lowest BCUT2D eigenvalue weighted by atomic mass is 10.1. The number of aliphatic carboxylic acids is 1. The normalized spacial score (nSPS) is 23.3. The van der Waals surface area contributed by atoms with Crippen LogP contribution in [0.15, 0.2) is 12.2 Å². The highest BCUT2D eigenvalue weighted by Gasteiger charge is 2.36. The molecule has 0 aromatic rings. The molecule has 0 bridgehead atoms. The van der Waals surface area contributed by atoms with E-state index in [9.17, 15) is 14.7 Å². The molecule has 0 saturated carbocycles. The van der Waals surface area contributed by atoms with E-state index in [1.807, 2.05) is 17.9 Å². The van der Waals surface area contributed by atoms with Gasteiger partial charge in [0.1, 0.15) is 12.8 Å². The summed E-state index contributed by atoms with van der Waals surface area (Å²) in [6, 6.07) is -0.454. The minimum Gasteiger partial charge on any atom is -0.480 e. The largest absolute Gasteiger partial charge is 0.480 e. The van der Waals surface area contributed by atoms with Crippen molar-refractivity contribution in [3.63, 3.8) is 0 Å². The summed E-state index contributed by atoms with van der Waals surface area (Å²) in [7, 11) is 0. The van der Waals surface area contributed by atoms with Gasteiger partial charge in [-0.15, -0.1) is 0 Å². The molecule has 1 heterocycles. The Morgan fingerprint density at radius 1 is 1.43 bits per heavy atom. The van der Waals surface area contributed by atoms with Gasteiger partial charge in [0.05, 0.1) is 6.10 Å². The molecule has 1 unspecified atom stereocenters. The van der Waals surface area contributed by atoms with Crippen molar-refractivity contribution in [2.45, 2.75) is 58.6 Å². The fourth-order valence-corrected chi connectivity index (χ4v) is 2.99. The van der Waals surface area contributed by atoms with Crippen molar-refractivity contribution in [2.75, 3.05) is 19.8 Å². The molecule has 1 aliphatic rings. The summed E-state index contributed by atoms with van der Waals surface area (Å²) >= 11 is 0. The Kier molecular flexibility index (Phi) is 8.87. The van der Waals surface area contributed by atoms with Crippen LogP contribution in [0.4, 0.5) is 0 Å². The molecule has 0 aromatic heterocycles. The molecule has 1 saturated heterocycles. The molecule has 1 fully saturated rings. The van der Waals surface area contributed by atoms with Gasteiger partial charge in [-0.1, -0.05) is 32.4 Å². The maximum Gasteiger partial charge on any atom is 0.320 e. The first-order valence-electron chi connectivity index (χ1n) is 8.49. The number of hydrogen-bond acceptors (Lipinski definition) is 4. The van der Waals surface area contributed by atoms with Gasteiger partial charge in [-0.25, -0.2) is 0 Å². The number of rotatable bonds is 10. The van der Waals surface area contributed by atoms with E-state index in [0.717, 1.165) is 19.4 Å². The Morgan fingerprint density at radius 3 is 2.74 bits per heavy atom. The van der Waals surface area contributed by atoms with Gasteiger partial charge in [0.15, 0.2) is 0 Å². The second-order valence-corrected chi connectivity index (χ2v) is 6.00. The fraction of sp³-hybridized carbons (Fsp3) is 0.765. The van der Waals surface area contributed by atoms with Crippen molar-refractivity contribution in [2.24, 2.45) is 5.92 Å². The number of carboxylic acids is 1. The van der Waals surface area contributed by atoms with Crippen LogP contribution in [-0.4, -0.2) is 53.8 Å². The number of hydrogen-bond donors (Lipinski definition) is 2. The number of allylic oxidation sites excluding steroid dienone is 1. The third kappa shape index (κ3) is 6.71. The first-order valence-corrected chi connectivity index (χ1v) is 8.49. The number of carbonyl (C=O) groups is 2. The molecule has 0 aromatic carbocycles. The van der Waals surface area contributed by atoms with Crippen LogP contribution in [0.3, 0.4) is 0 Å². The fourth-order valence-electron chi connectivity index (χ4n) is 2.99. The van der Waals surface area contributed by atoms with E-state index in [-0.39, 0.29) is 24.7 Å². The molecule has 3 atom stereocenters. The number of likely N-dealkylation sites (tertiary alicyclic amines) is 1.